The summed E-state index contributed by atoms with van der Waals surface area (Å²) < 4.78 is 0. The number of thiophene rings is 1. The minimum atomic E-state index is 0.257. The number of nitrogens with zero attached hydrogens (tertiary/aromatic N) is 3. The summed E-state index contributed by atoms with van der Waals surface area (Å²) in [6.07, 6.45) is 0. The summed E-state index contributed by atoms with van der Waals surface area (Å²) in [5.74, 6) is 8.07. The summed E-state index contributed by atoms with van der Waals surface area (Å²) in [4.78, 5) is 12.5. The molecule has 0 amide bonds. The van der Waals surface area contributed by atoms with E-state index in [1.807, 2.05) is 13.1 Å². The van der Waals surface area contributed by atoms with E-state index in [0.717, 1.165) is 11.6 Å². The maximum Gasteiger partial charge on any atom is 0.145 e. The molecule has 0 aliphatic rings. The second-order valence-electron chi connectivity index (χ2n) is 5.07. The van der Waals surface area contributed by atoms with Crippen molar-refractivity contribution >= 4 is 23.0 Å². The molecule has 0 bridgehead atoms. The van der Waals surface area contributed by atoms with E-state index in [0.29, 0.717) is 5.82 Å². The van der Waals surface area contributed by atoms with E-state index in [9.17, 15) is 0 Å². The predicted octanol–water partition coefficient (Wildman–Crippen LogP) is 3.14. The molecule has 20 heavy (non-hydrogen) atoms. The quantitative estimate of drug-likeness (QED) is 0.654. The zero-order valence-electron chi connectivity index (χ0n) is 12.3. The van der Waals surface area contributed by atoms with Gasteiger partial charge in [0.2, 0.25) is 0 Å². The molecule has 3 N–H and O–H groups in total. The number of nitrogen functional groups attached to an aromatic ring is 1. The van der Waals surface area contributed by atoms with Crippen molar-refractivity contribution in [1.29, 1.82) is 0 Å². The van der Waals surface area contributed by atoms with Crippen molar-refractivity contribution < 1.29 is 0 Å². The molecule has 5 nitrogen and oxygen atoms in total. The summed E-state index contributed by atoms with van der Waals surface area (Å²) >= 11 is 1.75. The van der Waals surface area contributed by atoms with Crippen LogP contribution in [-0.2, 0) is 0 Å². The fraction of sp³-hybridized carbons (Fsp3) is 0.429. The maximum absolute atomic E-state index is 5.50. The lowest BCUT2D eigenvalue weighted by molar-refractivity contribution is 0.718. The van der Waals surface area contributed by atoms with Gasteiger partial charge in [-0.2, -0.15) is 0 Å². The largest absolute Gasteiger partial charge is 0.352 e. The van der Waals surface area contributed by atoms with Crippen molar-refractivity contribution in [1.82, 2.24) is 9.97 Å². The van der Waals surface area contributed by atoms with Crippen LogP contribution in [0.1, 0.15) is 43.4 Å². The third kappa shape index (κ3) is 3.08. The van der Waals surface area contributed by atoms with E-state index in [1.54, 1.807) is 11.3 Å². The van der Waals surface area contributed by atoms with Crippen molar-refractivity contribution in [3.8, 4) is 0 Å². The van der Waals surface area contributed by atoms with Crippen LogP contribution in [0, 0.1) is 0 Å². The summed E-state index contributed by atoms with van der Waals surface area (Å²) in [5.41, 5.74) is 2.62. The van der Waals surface area contributed by atoms with Crippen LogP contribution < -0.4 is 16.2 Å². The average Bonchev–Trinajstić information content (AvgIpc) is 2.99. The van der Waals surface area contributed by atoms with E-state index < -0.39 is 0 Å². The van der Waals surface area contributed by atoms with E-state index in [1.165, 1.54) is 4.88 Å². The molecule has 108 valence electrons. The Hall–Kier alpha value is -1.66. The first kappa shape index (κ1) is 14.7. The Labute approximate surface area is 123 Å². The molecule has 0 saturated heterocycles. The molecule has 0 saturated carbocycles. The van der Waals surface area contributed by atoms with Gasteiger partial charge in [-0.05, 0) is 18.4 Å². The van der Waals surface area contributed by atoms with Gasteiger partial charge in [0, 0.05) is 23.9 Å². The monoisotopic (exact) mass is 291 g/mol. The number of hydrogen-bond acceptors (Lipinski definition) is 6. The Morgan fingerprint density at radius 3 is 2.60 bits per heavy atom. The molecule has 0 fully saturated rings. The Balaban J connectivity index is 2.33. The van der Waals surface area contributed by atoms with Crippen LogP contribution in [0.4, 0.5) is 11.6 Å². The van der Waals surface area contributed by atoms with Crippen LogP contribution in [-0.4, -0.2) is 17.0 Å². The molecule has 0 spiro atoms. The number of nitrogens with one attached hydrogen (secondary N) is 1. The second kappa shape index (κ2) is 6.19. The number of rotatable bonds is 5. The van der Waals surface area contributed by atoms with E-state index >= 15 is 0 Å². The minimum Gasteiger partial charge on any atom is -0.352 e. The minimum absolute atomic E-state index is 0.257. The third-order valence-corrected chi connectivity index (χ3v) is 4.33. The first-order valence-corrected chi connectivity index (χ1v) is 7.52. The summed E-state index contributed by atoms with van der Waals surface area (Å²) in [5, 5.41) is 2.09. The highest BCUT2D eigenvalue weighted by atomic mass is 32.1. The van der Waals surface area contributed by atoms with Crippen molar-refractivity contribution in [3.05, 3.63) is 34.3 Å². The summed E-state index contributed by atoms with van der Waals surface area (Å²) in [6.45, 7) is 6.31. The van der Waals surface area contributed by atoms with Gasteiger partial charge < -0.3 is 10.3 Å². The maximum atomic E-state index is 5.50. The van der Waals surface area contributed by atoms with E-state index in [4.69, 9.17) is 5.84 Å². The molecule has 6 heteroatoms. The lowest BCUT2D eigenvalue weighted by Crippen LogP contribution is -2.23. The summed E-state index contributed by atoms with van der Waals surface area (Å²) in [7, 11) is 2.04. The van der Waals surface area contributed by atoms with Gasteiger partial charge in [0.15, 0.2) is 0 Å². The first-order chi connectivity index (χ1) is 9.52. The standard InChI is InChI=1S/C14H21N5S/c1-9(2)14-16-12(18-15)8-13(17-14)19(4)10(3)11-6-5-7-20-11/h5-10H,15H2,1-4H3,(H,16,17,18). The predicted molar refractivity (Wildman–Crippen MR) is 85.1 cm³/mol. The van der Waals surface area contributed by atoms with Crippen molar-refractivity contribution in [3.63, 3.8) is 0 Å². The Bertz CT molecular complexity index is 553. The van der Waals surface area contributed by atoms with Crippen LogP contribution in [0.2, 0.25) is 0 Å². The molecule has 2 rings (SSSR count). The first-order valence-electron chi connectivity index (χ1n) is 6.64. The fourth-order valence-electron chi connectivity index (χ4n) is 1.88. The Morgan fingerprint density at radius 2 is 2.05 bits per heavy atom. The molecular weight excluding hydrogens is 270 g/mol. The molecule has 2 aromatic rings. The highest BCUT2D eigenvalue weighted by molar-refractivity contribution is 7.10. The zero-order chi connectivity index (χ0) is 14.7. The van der Waals surface area contributed by atoms with Gasteiger partial charge in [0.1, 0.15) is 17.5 Å². The average molecular weight is 291 g/mol. The lowest BCUT2D eigenvalue weighted by atomic mass is 10.2. The zero-order valence-corrected chi connectivity index (χ0v) is 13.1. The number of nitrogens with two attached hydrogens (primary N) is 1. The SMILES string of the molecule is CC(C)c1nc(NN)cc(N(C)C(C)c2cccs2)n1. The van der Waals surface area contributed by atoms with E-state index in [2.05, 4.69) is 58.6 Å². The third-order valence-electron chi connectivity index (χ3n) is 3.29. The lowest BCUT2D eigenvalue weighted by Gasteiger charge is -2.26. The van der Waals surface area contributed by atoms with Crippen molar-refractivity contribution in [2.75, 3.05) is 17.4 Å². The Morgan fingerprint density at radius 1 is 1.30 bits per heavy atom. The van der Waals surface area contributed by atoms with Gasteiger partial charge >= 0.3 is 0 Å². The molecule has 0 radical (unpaired) electrons. The Kier molecular flexibility index (Phi) is 4.57. The summed E-state index contributed by atoms with van der Waals surface area (Å²) in [6, 6.07) is 6.33. The fourth-order valence-corrected chi connectivity index (χ4v) is 2.71. The molecule has 1 unspecified atom stereocenters. The molecule has 0 aliphatic carbocycles. The van der Waals surface area contributed by atoms with Crippen molar-refractivity contribution in [2.45, 2.75) is 32.7 Å². The smallest absolute Gasteiger partial charge is 0.145 e. The highest BCUT2D eigenvalue weighted by Gasteiger charge is 2.17. The van der Waals surface area contributed by atoms with Crippen molar-refractivity contribution in [2.24, 2.45) is 5.84 Å². The molecule has 1 atom stereocenters. The number of hydrogen-bond donors (Lipinski definition) is 2. The number of aromatic nitrogens is 2. The van der Waals surface area contributed by atoms with Crippen LogP contribution >= 0.6 is 11.3 Å². The molecule has 2 aromatic heterocycles. The normalized spacial score (nSPS) is 12.5. The molecule has 2 heterocycles. The van der Waals surface area contributed by atoms with Gasteiger partial charge in [-0.1, -0.05) is 19.9 Å². The van der Waals surface area contributed by atoms with Crippen LogP contribution in [0.5, 0.6) is 0 Å². The molecule has 0 aliphatic heterocycles. The topological polar surface area (TPSA) is 67.1 Å². The van der Waals surface area contributed by atoms with E-state index in [-0.39, 0.29) is 12.0 Å². The van der Waals surface area contributed by atoms with Gasteiger partial charge in [-0.25, -0.2) is 15.8 Å². The second-order valence-corrected chi connectivity index (χ2v) is 6.05. The van der Waals surface area contributed by atoms with Gasteiger partial charge in [0.05, 0.1) is 6.04 Å². The van der Waals surface area contributed by atoms with Crippen LogP contribution in [0.15, 0.2) is 23.6 Å². The highest BCUT2D eigenvalue weighted by Crippen LogP contribution is 2.28. The molecule has 0 aromatic carbocycles. The number of hydrazine groups is 1. The van der Waals surface area contributed by atoms with Crippen LogP contribution in [0.3, 0.4) is 0 Å². The molecular formula is C14H21N5S. The number of anilines is 2. The van der Waals surface area contributed by atoms with Gasteiger partial charge in [-0.3, -0.25) is 0 Å². The van der Waals surface area contributed by atoms with Crippen LogP contribution in [0.25, 0.3) is 0 Å². The van der Waals surface area contributed by atoms with Gasteiger partial charge in [0.25, 0.3) is 0 Å². The van der Waals surface area contributed by atoms with Gasteiger partial charge in [-0.15, -0.1) is 11.3 Å².